The maximum Gasteiger partial charge on any atom is 0.162 e. The van der Waals surface area contributed by atoms with Crippen molar-refractivity contribution in [2.75, 3.05) is 20.0 Å². The molecule has 0 saturated heterocycles. The minimum absolute atomic E-state index is 0.0940. The molecular formula is C12H19NO3. The van der Waals surface area contributed by atoms with Crippen LogP contribution < -0.4 is 15.2 Å². The summed E-state index contributed by atoms with van der Waals surface area (Å²) in [4.78, 5) is 11.2. The van der Waals surface area contributed by atoms with E-state index in [0.29, 0.717) is 22.7 Å². The number of rotatable bonds is 3. The van der Waals surface area contributed by atoms with Gasteiger partial charge in [-0.05, 0) is 13.0 Å². The van der Waals surface area contributed by atoms with Gasteiger partial charge in [-0.1, -0.05) is 13.8 Å². The van der Waals surface area contributed by atoms with Gasteiger partial charge >= 0.3 is 0 Å². The van der Waals surface area contributed by atoms with E-state index in [1.807, 2.05) is 13.8 Å². The van der Waals surface area contributed by atoms with Gasteiger partial charge in [-0.3, -0.25) is 4.79 Å². The fourth-order valence-electron chi connectivity index (χ4n) is 1.20. The molecule has 0 spiro atoms. The molecule has 4 nitrogen and oxygen atoms in total. The Morgan fingerprint density at radius 2 is 1.56 bits per heavy atom. The van der Waals surface area contributed by atoms with E-state index in [9.17, 15) is 4.79 Å². The van der Waals surface area contributed by atoms with Crippen molar-refractivity contribution in [2.45, 2.75) is 20.8 Å². The van der Waals surface area contributed by atoms with E-state index in [1.165, 1.54) is 21.1 Å². The molecule has 0 fully saturated rings. The minimum atomic E-state index is -0.0940. The number of carbonyl (C=O) groups is 1. The van der Waals surface area contributed by atoms with E-state index in [4.69, 9.17) is 15.2 Å². The first-order valence-corrected chi connectivity index (χ1v) is 5.12. The van der Waals surface area contributed by atoms with Gasteiger partial charge in [-0.2, -0.15) is 0 Å². The van der Waals surface area contributed by atoms with Crippen LogP contribution in [0, 0.1) is 0 Å². The number of nitrogen functional groups attached to an aromatic ring is 1. The summed E-state index contributed by atoms with van der Waals surface area (Å²) in [6, 6.07) is 3.16. The molecule has 0 aliphatic heterocycles. The summed E-state index contributed by atoms with van der Waals surface area (Å²) in [6.07, 6.45) is 0. The van der Waals surface area contributed by atoms with Crippen molar-refractivity contribution in [1.29, 1.82) is 0 Å². The van der Waals surface area contributed by atoms with Crippen molar-refractivity contribution in [3.63, 3.8) is 0 Å². The van der Waals surface area contributed by atoms with Gasteiger partial charge in [-0.25, -0.2) is 0 Å². The predicted molar refractivity (Wildman–Crippen MR) is 65.3 cm³/mol. The van der Waals surface area contributed by atoms with Crippen LogP contribution in [0.1, 0.15) is 31.1 Å². The van der Waals surface area contributed by atoms with Crippen LogP contribution in [-0.4, -0.2) is 20.0 Å². The van der Waals surface area contributed by atoms with Crippen molar-refractivity contribution < 1.29 is 14.3 Å². The smallest absolute Gasteiger partial charge is 0.162 e. The summed E-state index contributed by atoms with van der Waals surface area (Å²) in [7, 11) is 3.03. The summed E-state index contributed by atoms with van der Waals surface area (Å²) in [5.41, 5.74) is 6.51. The second-order valence-corrected chi connectivity index (χ2v) is 2.85. The standard InChI is InChI=1S/C10H13NO3.C2H6/c1-6(12)7-4-9(13-2)10(14-3)5-8(7)11;1-2/h4-5H,11H2,1-3H3;1-2H3. The molecule has 0 aromatic heterocycles. The summed E-state index contributed by atoms with van der Waals surface area (Å²) in [5, 5.41) is 0. The van der Waals surface area contributed by atoms with Gasteiger partial charge in [0, 0.05) is 17.3 Å². The van der Waals surface area contributed by atoms with Crippen molar-refractivity contribution in [3.8, 4) is 11.5 Å². The molecule has 90 valence electrons. The van der Waals surface area contributed by atoms with E-state index < -0.39 is 0 Å². The largest absolute Gasteiger partial charge is 0.493 e. The van der Waals surface area contributed by atoms with Gasteiger partial charge in [0.25, 0.3) is 0 Å². The van der Waals surface area contributed by atoms with Gasteiger partial charge in [0.2, 0.25) is 0 Å². The first-order valence-electron chi connectivity index (χ1n) is 5.12. The lowest BCUT2D eigenvalue weighted by Crippen LogP contribution is -2.02. The zero-order valence-electron chi connectivity index (χ0n) is 10.5. The number of Topliss-reactive ketones (excluding diaryl/α,β-unsaturated/α-hetero) is 1. The number of benzene rings is 1. The summed E-state index contributed by atoms with van der Waals surface area (Å²) in [5.74, 6) is 0.936. The first-order chi connectivity index (χ1) is 7.60. The van der Waals surface area contributed by atoms with Crippen LogP contribution in [0.3, 0.4) is 0 Å². The molecule has 0 radical (unpaired) electrons. The molecule has 0 unspecified atom stereocenters. The number of ether oxygens (including phenoxy) is 2. The van der Waals surface area contributed by atoms with Crippen molar-refractivity contribution in [1.82, 2.24) is 0 Å². The van der Waals surface area contributed by atoms with Gasteiger partial charge in [0.15, 0.2) is 17.3 Å². The molecular weight excluding hydrogens is 206 g/mol. The summed E-state index contributed by atoms with van der Waals surface area (Å²) >= 11 is 0. The quantitative estimate of drug-likeness (QED) is 0.634. The molecule has 0 heterocycles. The number of carbonyl (C=O) groups excluding carboxylic acids is 1. The average Bonchev–Trinajstić information content (AvgIpc) is 2.30. The number of anilines is 1. The second kappa shape index (κ2) is 6.71. The van der Waals surface area contributed by atoms with E-state index in [2.05, 4.69) is 0 Å². The van der Waals surface area contributed by atoms with Crippen LogP contribution in [0.5, 0.6) is 11.5 Å². The highest BCUT2D eigenvalue weighted by atomic mass is 16.5. The Morgan fingerprint density at radius 3 is 1.94 bits per heavy atom. The normalized spacial score (nSPS) is 8.81. The lowest BCUT2D eigenvalue weighted by atomic mass is 10.1. The molecule has 4 heteroatoms. The Kier molecular flexibility index (Phi) is 6.00. The zero-order chi connectivity index (χ0) is 12.7. The SMILES string of the molecule is CC.COc1cc(N)c(C(C)=O)cc1OC. The fourth-order valence-corrected chi connectivity index (χ4v) is 1.20. The number of ketones is 1. The third kappa shape index (κ3) is 3.15. The molecule has 1 aromatic carbocycles. The second-order valence-electron chi connectivity index (χ2n) is 2.85. The Hall–Kier alpha value is -1.71. The molecule has 0 aliphatic rings. The summed E-state index contributed by atoms with van der Waals surface area (Å²) < 4.78 is 10.1. The maximum absolute atomic E-state index is 11.2. The van der Waals surface area contributed by atoms with Crippen LogP contribution in [0.4, 0.5) is 5.69 Å². The minimum Gasteiger partial charge on any atom is -0.493 e. The Bertz CT molecular complexity index is 362. The number of hydrogen-bond donors (Lipinski definition) is 1. The van der Waals surface area contributed by atoms with E-state index in [0.717, 1.165) is 0 Å². The van der Waals surface area contributed by atoms with Crippen molar-refractivity contribution >= 4 is 11.5 Å². The Balaban J connectivity index is 0.00000106. The highest BCUT2D eigenvalue weighted by molar-refractivity contribution is 5.99. The number of methoxy groups -OCH3 is 2. The lowest BCUT2D eigenvalue weighted by molar-refractivity contribution is 0.101. The van der Waals surface area contributed by atoms with Gasteiger partial charge in [0.1, 0.15) is 0 Å². The third-order valence-electron chi connectivity index (χ3n) is 1.94. The molecule has 1 aromatic rings. The van der Waals surface area contributed by atoms with Gasteiger partial charge in [0.05, 0.1) is 14.2 Å². The zero-order valence-corrected chi connectivity index (χ0v) is 10.5. The molecule has 0 saturated carbocycles. The third-order valence-corrected chi connectivity index (χ3v) is 1.94. The van der Waals surface area contributed by atoms with E-state index >= 15 is 0 Å². The van der Waals surface area contributed by atoms with Crippen LogP contribution in [0.15, 0.2) is 12.1 Å². The Morgan fingerprint density at radius 1 is 1.12 bits per heavy atom. The van der Waals surface area contributed by atoms with Crippen LogP contribution in [0.2, 0.25) is 0 Å². The summed E-state index contributed by atoms with van der Waals surface area (Å²) in [6.45, 7) is 5.46. The molecule has 16 heavy (non-hydrogen) atoms. The fraction of sp³-hybridized carbons (Fsp3) is 0.417. The monoisotopic (exact) mass is 225 g/mol. The molecule has 0 aliphatic carbocycles. The number of nitrogens with two attached hydrogens (primary N) is 1. The maximum atomic E-state index is 11.2. The molecule has 0 amide bonds. The van der Waals surface area contributed by atoms with Gasteiger partial charge < -0.3 is 15.2 Å². The van der Waals surface area contributed by atoms with Crippen LogP contribution >= 0.6 is 0 Å². The molecule has 0 bridgehead atoms. The average molecular weight is 225 g/mol. The molecule has 0 atom stereocenters. The van der Waals surface area contributed by atoms with Crippen molar-refractivity contribution in [3.05, 3.63) is 17.7 Å². The van der Waals surface area contributed by atoms with E-state index in [1.54, 1.807) is 12.1 Å². The van der Waals surface area contributed by atoms with E-state index in [-0.39, 0.29) is 5.78 Å². The molecule has 2 N–H and O–H groups in total. The Labute approximate surface area is 96.4 Å². The number of hydrogen-bond acceptors (Lipinski definition) is 4. The lowest BCUT2D eigenvalue weighted by Gasteiger charge is -2.10. The van der Waals surface area contributed by atoms with Crippen molar-refractivity contribution in [2.24, 2.45) is 0 Å². The highest BCUT2D eigenvalue weighted by Gasteiger charge is 2.11. The topological polar surface area (TPSA) is 61.5 Å². The van der Waals surface area contributed by atoms with Crippen LogP contribution in [0.25, 0.3) is 0 Å². The predicted octanol–water partition coefficient (Wildman–Crippen LogP) is 2.51. The van der Waals surface area contributed by atoms with Crippen LogP contribution in [-0.2, 0) is 0 Å². The molecule has 1 rings (SSSR count). The highest BCUT2D eigenvalue weighted by Crippen LogP contribution is 2.31. The first kappa shape index (κ1) is 14.3. The van der Waals surface area contributed by atoms with Gasteiger partial charge in [-0.15, -0.1) is 0 Å².